The minimum Gasteiger partial charge on any atom is -0.437 e. The number of hydrogen-bond acceptors (Lipinski definition) is 4. The van der Waals surface area contributed by atoms with E-state index >= 15 is 0 Å². The van der Waals surface area contributed by atoms with E-state index in [9.17, 15) is 14.7 Å². The van der Waals surface area contributed by atoms with Crippen LogP contribution in [0, 0.1) is 0 Å². The molecule has 1 saturated carbocycles. The molecule has 1 aliphatic carbocycles. The second-order valence-corrected chi connectivity index (χ2v) is 8.09. The van der Waals surface area contributed by atoms with Crippen molar-refractivity contribution in [2.75, 3.05) is 10.2 Å². The summed E-state index contributed by atoms with van der Waals surface area (Å²) >= 11 is 0. The number of anilines is 3. The molecular weight excluding hydrogens is 352 g/mol. The van der Waals surface area contributed by atoms with Crippen molar-refractivity contribution in [3.05, 3.63) is 41.7 Å². The molecule has 26 heavy (non-hydrogen) atoms. The second kappa shape index (κ2) is 5.50. The maximum atomic E-state index is 12.9. The molecule has 0 saturated heterocycles. The average molecular weight is 367 g/mol. The number of hydrogen-bond donors (Lipinski definition) is 2. The number of carbonyl (C=O) groups is 2. The predicted octanol–water partition coefficient (Wildman–Crippen LogP) is 4.86. The van der Waals surface area contributed by atoms with Gasteiger partial charge in [-0.25, -0.2) is 9.78 Å². The summed E-state index contributed by atoms with van der Waals surface area (Å²) in [5.41, 5.74) is 2.87. The van der Waals surface area contributed by atoms with Crippen LogP contribution in [-0.4, -0.2) is 26.4 Å². The SMILES string of the molecule is O=C1Nc2c[s+](C(=O)O)c3nccc(c23)N1c1cccnc1C1CCC1. The van der Waals surface area contributed by atoms with Crippen LogP contribution in [0.3, 0.4) is 0 Å². The maximum absolute atomic E-state index is 12.9. The lowest BCUT2D eigenvalue weighted by molar-refractivity contribution is 0.221. The molecule has 2 aliphatic rings. The highest BCUT2D eigenvalue weighted by Crippen LogP contribution is 2.48. The van der Waals surface area contributed by atoms with Gasteiger partial charge in [-0.3, -0.25) is 9.88 Å². The summed E-state index contributed by atoms with van der Waals surface area (Å²) in [7, 11) is -1.16. The molecule has 1 aliphatic heterocycles. The van der Waals surface area contributed by atoms with Gasteiger partial charge in [0.15, 0.2) is 5.38 Å². The Morgan fingerprint density at radius 3 is 2.81 bits per heavy atom. The number of carboxylic acid groups (broad SMARTS) is 1. The zero-order valence-corrected chi connectivity index (χ0v) is 14.5. The largest absolute Gasteiger partial charge is 0.554 e. The molecule has 1 atom stereocenters. The Morgan fingerprint density at radius 1 is 1.23 bits per heavy atom. The van der Waals surface area contributed by atoms with Gasteiger partial charge in [0.2, 0.25) is 0 Å². The van der Waals surface area contributed by atoms with E-state index in [1.54, 1.807) is 28.7 Å². The minimum atomic E-state index is -1.16. The number of rotatable bonds is 3. The summed E-state index contributed by atoms with van der Waals surface area (Å²) in [6.07, 6.45) is 6.64. The second-order valence-electron chi connectivity index (χ2n) is 6.45. The monoisotopic (exact) mass is 367 g/mol. The third-order valence-corrected chi connectivity index (χ3v) is 6.60. The number of nitrogens with zero attached hydrogens (tertiary/aromatic N) is 3. The lowest BCUT2D eigenvalue weighted by Gasteiger charge is -2.32. The summed E-state index contributed by atoms with van der Waals surface area (Å²) in [5.74, 6) is 0.361. The highest BCUT2D eigenvalue weighted by atomic mass is 32.2. The maximum Gasteiger partial charge on any atom is 0.554 e. The first kappa shape index (κ1) is 15.3. The van der Waals surface area contributed by atoms with Gasteiger partial charge >= 0.3 is 11.3 Å². The summed E-state index contributed by atoms with van der Waals surface area (Å²) in [5, 5.41) is 13.6. The van der Waals surface area contributed by atoms with Crippen molar-refractivity contribution in [3.63, 3.8) is 0 Å². The normalized spacial score (nSPS) is 17.2. The average Bonchev–Trinajstić information content (AvgIpc) is 2.95. The van der Waals surface area contributed by atoms with Crippen molar-refractivity contribution in [1.82, 2.24) is 9.97 Å². The van der Waals surface area contributed by atoms with Gasteiger partial charge in [-0.1, -0.05) is 6.42 Å². The first-order valence-corrected chi connectivity index (χ1v) is 9.67. The van der Waals surface area contributed by atoms with Gasteiger partial charge in [0.1, 0.15) is 21.5 Å². The Morgan fingerprint density at radius 2 is 2.08 bits per heavy atom. The number of amides is 2. The zero-order chi connectivity index (χ0) is 17.8. The molecule has 1 fully saturated rings. The number of thiophene rings is 1. The fourth-order valence-corrected chi connectivity index (χ4v) is 5.01. The summed E-state index contributed by atoms with van der Waals surface area (Å²) in [4.78, 5) is 35.4. The van der Waals surface area contributed by atoms with Crippen molar-refractivity contribution in [2.24, 2.45) is 0 Å². The van der Waals surface area contributed by atoms with E-state index in [-0.39, 0.29) is 6.03 Å². The molecule has 0 aromatic carbocycles. The van der Waals surface area contributed by atoms with Crippen molar-refractivity contribution in [3.8, 4) is 0 Å². The van der Waals surface area contributed by atoms with Gasteiger partial charge in [0.25, 0.3) is 4.83 Å². The Kier molecular flexibility index (Phi) is 3.23. The van der Waals surface area contributed by atoms with Gasteiger partial charge in [0, 0.05) is 18.3 Å². The molecular formula is C18H15N4O3S+. The van der Waals surface area contributed by atoms with E-state index in [1.807, 2.05) is 12.1 Å². The highest BCUT2D eigenvalue weighted by Gasteiger charge is 2.38. The van der Waals surface area contributed by atoms with E-state index in [2.05, 4.69) is 15.3 Å². The Balaban J connectivity index is 1.75. The van der Waals surface area contributed by atoms with Crippen LogP contribution in [0.25, 0.3) is 10.2 Å². The molecule has 1 unspecified atom stereocenters. The van der Waals surface area contributed by atoms with E-state index in [4.69, 9.17) is 0 Å². The van der Waals surface area contributed by atoms with E-state index in [1.165, 1.54) is 6.42 Å². The van der Waals surface area contributed by atoms with Crippen molar-refractivity contribution in [1.29, 1.82) is 0 Å². The molecule has 130 valence electrons. The van der Waals surface area contributed by atoms with E-state index in [0.29, 0.717) is 27.5 Å². The summed E-state index contributed by atoms with van der Waals surface area (Å²) < 4.78 is 0. The van der Waals surface area contributed by atoms with Gasteiger partial charge in [-0.2, -0.15) is 4.79 Å². The first-order valence-electron chi connectivity index (χ1n) is 8.38. The number of carbonyl (C=O) groups excluding carboxylic acids is 1. The molecule has 2 N–H and O–H groups in total. The molecule has 7 nitrogen and oxygen atoms in total. The Bertz CT molecular complexity index is 1070. The molecule has 4 heterocycles. The molecule has 5 rings (SSSR count). The highest BCUT2D eigenvalue weighted by molar-refractivity contribution is 7.54. The quantitative estimate of drug-likeness (QED) is 0.645. The minimum absolute atomic E-state index is 0.301. The fourth-order valence-electron chi connectivity index (χ4n) is 3.61. The Hall–Kier alpha value is -3.00. The fraction of sp³-hybridized carbons (Fsp3) is 0.222. The third-order valence-electron chi connectivity index (χ3n) is 5.03. The van der Waals surface area contributed by atoms with E-state index < -0.39 is 15.8 Å². The number of nitrogens with one attached hydrogen (secondary N) is 1. The lowest BCUT2D eigenvalue weighted by atomic mass is 9.82. The van der Waals surface area contributed by atoms with Crippen LogP contribution < -0.4 is 10.2 Å². The predicted molar refractivity (Wildman–Crippen MR) is 99.6 cm³/mol. The molecule has 8 heteroatoms. The molecule has 2 amide bonds. The van der Waals surface area contributed by atoms with Gasteiger partial charge in [-0.15, -0.1) is 0 Å². The molecule has 0 bridgehead atoms. The van der Waals surface area contributed by atoms with Gasteiger partial charge < -0.3 is 10.4 Å². The first-order chi connectivity index (χ1) is 12.6. The van der Waals surface area contributed by atoms with Crippen LogP contribution >= 0.6 is 10.5 Å². The van der Waals surface area contributed by atoms with Crippen LogP contribution in [0.1, 0.15) is 30.9 Å². The van der Waals surface area contributed by atoms with Crippen molar-refractivity contribution < 1.29 is 14.7 Å². The molecule has 3 aromatic heterocycles. The molecule has 0 spiro atoms. The van der Waals surface area contributed by atoms with Crippen molar-refractivity contribution in [2.45, 2.75) is 25.2 Å². The topological polar surface area (TPSA) is 95.4 Å². The lowest BCUT2D eigenvalue weighted by Crippen LogP contribution is -2.35. The molecule has 0 radical (unpaired) electrons. The zero-order valence-electron chi connectivity index (χ0n) is 13.7. The summed E-state index contributed by atoms with van der Waals surface area (Å²) in [6, 6.07) is 5.18. The third kappa shape index (κ3) is 2.05. The van der Waals surface area contributed by atoms with Crippen LogP contribution in [0.15, 0.2) is 36.0 Å². The van der Waals surface area contributed by atoms with Crippen LogP contribution in [0.4, 0.5) is 26.7 Å². The number of aromatic nitrogens is 2. The van der Waals surface area contributed by atoms with Crippen LogP contribution in [-0.2, 0) is 0 Å². The smallest absolute Gasteiger partial charge is 0.437 e. The van der Waals surface area contributed by atoms with Crippen LogP contribution in [0.5, 0.6) is 0 Å². The van der Waals surface area contributed by atoms with Crippen molar-refractivity contribution >= 4 is 49.1 Å². The number of pyridine rings is 2. The Labute approximate surface area is 151 Å². The van der Waals surface area contributed by atoms with Gasteiger partial charge in [0.05, 0.1) is 17.1 Å². The summed E-state index contributed by atoms with van der Waals surface area (Å²) in [6.45, 7) is 0. The molecule has 3 aromatic rings. The van der Waals surface area contributed by atoms with E-state index in [0.717, 1.165) is 24.2 Å². The van der Waals surface area contributed by atoms with Gasteiger partial charge in [-0.05, 0) is 31.0 Å². The number of urea groups is 1. The van der Waals surface area contributed by atoms with Crippen LogP contribution in [0.2, 0.25) is 0 Å². The standard InChI is InChI=1S/C18H14N4O3S/c23-17-21-11-9-26(18(24)25)16-14(11)12(6-8-20-16)22(17)13-5-2-7-19-15(13)10-3-1-4-10/h2,5-10H,1,3-4H2,(H-,21,23,24,25)/p+1.